The minimum Gasteiger partial charge on any atom is -0.394 e. The molecule has 488 valence electrons. The lowest BCUT2D eigenvalue weighted by molar-refractivity contribution is -0.302. The highest BCUT2D eigenvalue weighted by molar-refractivity contribution is 5.76. The molecule has 7 atom stereocenters. The molecule has 7 unspecified atom stereocenters. The van der Waals surface area contributed by atoms with Gasteiger partial charge in [0.1, 0.15) is 24.4 Å². The predicted octanol–water partition coefficient (Wildman–Crippen LogP) is 19.7. The molecule has 1 fully saturated rings. The van der Waals surface area contributed by atoms with Gasteiger partial charge >= 0.3 is 0 Å². The van der Waals surface area contributed by atoms with Crippen LogP contribution in [0.2, 0.25) is 0 Å². The third-order valence-electron chi connectivity index (χ3n) is 16.7. The number of aliphatic hydroxyl groups is 5. The van der Waals surface area contributed by atoms with Crippen molar-refractivity contribution in [1.82, 2.24) is 5.32 Å². The molecule has 1 rings (SSSR count). The van der Waals surface area contributed by atoms with Crippen LogP contribution in [0.5, 0.6) is 0 Å². The maximum atomic E-state index is 13.1. The first-order valence-corrected chi connectivity index (χ1v) is 35.8. The van der Waals surface area contributed by atoms with Crippen molar-refractivity contribution in [2.75, 3.05) is 13.2 Å². The smallest absolute Gasteiger partial charge is 0.220 e. The lowest BCUT2D eigenvalue weighted by atomic mass is 9.99. The summed E-state index contributed by atoms with van der Waals surface area (Å²) in [5, 5.41) is 54.8. The van der Waals surface area contributed by atoms with Gasteiger partial charge in [-0.15, -0.1) is 0 Å². The number of hydrogen-bond donors (Lipinski definition) is 6. The Bertz CT molecular complexity index is 1600. The molecule has 0 radical (unpaired) electrons. The zero-order valence-corrected chi connectivity index (χ0v) is 54.6. The number of allylic oxidation sites excluding steroid dienone is 13. The Morgan fingerprint density at radius 3 is 1.10 bits per heavy atom. The monoisotopic (exact) mass is 1180 g/mol. The molecule has 6 N–H and O–H groups in total. The molecule has 1 saturated heterocycles. The summed E-state index contributed by atoms with van der Waals surface area (Å²) < 4.78 is 11.3. The fourth-order valence-corrected chi connectivity index (χ4v) is 11.2. The Hall–Kier alpha value is -2.63. The fourth-order valence-electron chi connectivity index (χ4n) is 11.2. The molecular formula is C75H135NO8. The van der Waals surface area contributed by atoms with Crippen LogP contribution in [-0.4, -0.2) is 87.5 Å². The van der Waals surface area contributed by atoms with Crippen molar-refractivity contribution in [1.29, 1.82) is 0 Å². The summed E-state index contributed by atoms with van der Waals surface area (Å²) in [4.78, 5) is 13.1. The van der Waals surface area contributed by atoms with E-state index < -0.39 is 49.5 Å². The average Bonchev–Trinajstić information content (AvgIpc) is 3.70. The highest BCUT2D eigenvalue weighted by Crippen LogP contribution is 2.23. The van der Waals surface area contributed by atoms with Gasteiger partial charge in [0.2, 0.25) is 5.91 Å². The molecule has 9 nitrogen and oxygen atoms in total. The predicted molar refractivity (Wildman–Crippen MR) is 359 cm³/mol. The number of rotatable bonds is 62. The molecule has 1 aliphatic heterocycles. The van der Waals surface area contributed by atoms with Gasteiger partial charge in [0.05, 0.1) is 25.4 Å². The molecule has 0 aromatic carbocycles. The van der Waals surface area contributed by atoms with Gasteiger partial charge in [-0.1, -0.05) is 336 Å². The van der Waals surface area contributed by atoms with E-state index in [1.807, 2.05) is 6.08 Å². The summed E-state index contributed by atoms with van der Waals surface area (Å²) in [5.41, 5.74) is 0. The van der Waals surface area contributed by atoms with Crippen LogP contribution in [-0.2, 0) is 14.3 Å². The number of nitrogens with one attached hydrogen (secondary N) is 1. The van der Waals surface area contributed by atoms with Crippen LogP contribution in [0.25, 0.3) is 0 Å². The lowest BCUT2D eigenvalue weighted by Crippen LogP contribution is -2.60. The molecule has 1 amide bonds. The number of carbonyl (C=O) groups is 1. The van der Waals surface area contributed by atoms with Crippen molar-refractivity contribution in [3.63, 3.8) is 0 Å². The Morgan fingerprint density at radius 1 is 0.417 bits per heavy atom. The Labute approximate surface area is 518 Å². The van der Waals surface area contributed by atoms with Gasteiger partial charge in [0, 0.05) is 6.42 Å². The second kappa shape index (κ2) is 63.4. The molecule has 0 saturated carbocycles. The van der Waals surface area contributed by atoms with Gasteiger partial charge in [-0.2, -0.15) is 0 Å². The van der Waals surface area contributed by atoms with Gasteiger partial charge in [0.25, 0.3) is 0 Å². The van der Waals surface area contributed by atoms with Crippen molar-refractivity contribution >= 4 is 5.91 Å². The SMILES string of the molecule is CC/C=C\C/C=C\C/C=C\C/C=C\C/C=C\C/C=C\CCCCCCCCCCCCCCCCCCCCC(=O)NC(COC1OC(CO)C(O)C(O)C1O)C(O)/C=C/CCCCCCCCCCCCCCCCCCCCCCCC. The topological polar surface area (TPSA) is 149 Å². The van der Waals surface area contributed by atoms with Gasteiger partial charge in [0.15, 0.2) is 6.29 Å². The number of aliphatic hydroxyl groups excluding tert-OH is 5. The van der Waals surface area contributed by atoms with Gasteiger partial charge in [-0.05, 0) is 70.6 Å². The summed E-state index contributed by atoms with van der Waals surface area (Å²) in [6.07, 6.45) is 84.0. The quantitative estimate of drug-likeness (QED) is 0.0261. The Kier molecular flexibility index (Phi) is 59.9. The molecule has 0 aliphatic carbocycles. The molecule has 1 aliphatic rings. The molecule has 0 aromatic rings. The van der Waals surface area contributed by atoms with E-state index in [9.17, 15) is 30.3 Å². The lowest BCUT2D eigenvalue weighted by Gasteiger charge is -2.40. The molecular weight excluding hydrogens is 1040 g/mol. The number of hydrogen-bond acceptors (Lipinski definition) is 8. The minimum atomic E-state index is -1.57. The molecule has 84 heavy (non-hydrogen) atoms. The maximum absolute atomic E-state index is 13.1. The molecule has 0 bridgehead atoms. The van der Waals surface area contributed by atoms with Crippen molar-refractivity contribution < 1.29 is 39.8 Å². The largest absolute Gasteiger partial charge is 0.394 e. The third kappa shape index (κ3) is 51.4. The number of ether oxygens (including phenoxy) is 2. The van der Waals surface area contributed by atoms with E-state index in [2.05, 4.69) is 92.1 Å². The normalized spacial score (nSPS) is 18.7. The molecule has 0 spiro atoms. The minimum absolute atomic E-state index is 0.173. The fraction of sp³-hybridized carbons (Fsp3) is 0.800. The number of amides is 1. The van der Waals surface area contributed by atoms with Crippen LogP contribution in [0, 0.1) is 0 Å². The summed E-state index contributed by atoms with van der Waals surface area (Å²) >= 11 is 0. The van der Waals surface area contributed by atoms with E-state index in [0.717, 1.165) is 77.0 Å². The first-order valence-electron chi connectivity index (χ1n) is 35.8. The van der Waals surface area contributed by atoms with Crippen molar-refractivity contribution in [3.05, 3.63) is 85.1 Å². The van der Waals surface area contributed by atoms with Crippen LogP contribution < -0.4 is 5.32 Å². The highest BCUT2D eigenvalue weighted by atomic mass is 16.7. The summed E-state index contributed by atoms with van der Waals surface area (Å²) in [5.74, 6) is -0.173. The first-order chi connectivity index (χ1) is 41.3. The van der Waals surface area contributed by atoms with Crippen molar-refractivity contribution in [2.45, 2.75) is 371 Å². The maximum Gasteiger partial charge on any atom is 0.220 e. The molecule has 0 aromatic heterocycles. The summed E-state index contributed by atoms with van der Waals surface area (Å²) in [6.45, 7) is 3.70. The van der Waals surface area contributed by atoms with E-state index in [4.69, 9.17) is 9.47 Å². The van der Waals surface area contributed by atoms with Gasteiger partial charge < -0.3 is 40.3 Å². The van der Waals surface area contributed by atoms with E-state index >= 15 is 0 Å². The first kappa shape index (κ1) is 79.4. The van der Waals surface area contributed by atoms with Crippen LogP contribution in [0.4, 0.5) is 0 Å². The zero-order valence-electron chi connectivity index (χ0n) is 54.6. The number of carbonyl (C=O) groups excluding carboxylic acids is 1. The Morgan fingerprint density at radius 2 is 0.738 bits per heavy atom. The van der Waals surface area contributed by atoms with Crippen molar-refractivity contribution in [2.24, 2.45) is 0 Å². The highest BCUT2D eigenvalue weighted by Gasteiger charge is 2.44. The van der Waals surface area contributed by atoms with Crippen LogP contribution in [0.1, 0.15) is 328 Å². The average molecular weight is 1180 g/mol. The van der Waals surface area contributed by atoms with Crippen LogP contribution in [0.15, 0.2) is 85.1 Å². The Balaban J connectivity index is 2.11. The second-order valence-corrected chi connectivity index (χ2v) is 24.7. The standard InChI is InChI=1S/C75H135NO8/c1-3-5-7-9-11-13-15-17-19-21-23-25-27-29-30-31-32-33-34-35-36-37-38-39-40-41-43-45-47-49-51-53-55-57-59-61-63-65-71(79)76-68(67-83-75-74(82)73(81)72(80)70(66-77)84-75)69(78)64-62-60-58-56-54-52-50-48-46-44-42-28-26-24-22-20-18-16-14-12-10-8-6-4-2/h5,7,11,13,17,19,23,25,29-30,32-33,62,64,68-70,72-75,77-78,80-82H,3-4,6,8-10,12,14-16,18,20-22,24,26-28,31,34-61,63,65-67H2,1-2H3,(H,76,79)/b7-5-,13-11-,19-17-,25-23-,30-29-,33-32-,64-62+. The van der Waals surface area contributed by atoms with Gasteiger partial charge in [-0.3, -0.25) is 4.79 Å². The number of unbranched alkanes of at least 4 members (excludes halogenated alkanes) is 40. The third-order valence-corrected chi connectivity index (χ3v) is 16.7. The zero-order chi connectivity index (χ0) is 60.7. The van der Waals surface area contributed by atoms with E-state index in [0.29, 0.717) is 6.42 Å². The van der Waals surface area contributed by atoms with Gasteiger partial charge in [-0.25, -0.2) is 0 Å². The van der Waals surface area contributed by atoms with E-state index in [1.165, 1.54) is 231 Å². The van der Waals surface area contributed by atoms with E-state index in [1.54, 1.807) is 6.08 Å². The van der Waals surface area contributed by atoms with Crippen LogP contribution >= 0.6 is 0 Å². The molecule has 9 heteroatoms. The van der Waals surface area contributed by atoms with Crippen LogP contribution in [0.3, 0.4) is 0 Å². The summed E-state index contributed by atoms with van der Waals surface area (Å²) in [6, 6.07) is -0.809. The van der Waals surface area contributed by atoms with E-state index in [-0.39, 0.29) is 12.5 Å². The summed E-state index contributed by atoms with van der Waals surface area (Å²) in [7, 11) is 0. The molecule has 1 heterocycles. The second-order valence-electron chi connectivity index (χ2n) is 24.7. The van der Waals surface area contributed by atoms with Crippen molar-refractivity contribution in [3.8, 4) is 0 Å².